The van der Waals surface area contributed by atoms with Crippen LogP contribution in [-0.2, 0) is 12.8 Å². The lowest BCUT2D eigenvalue weighted by molar-refractivity contribution is 0.408. The van der Waals surface area contributed by atoms with E-state index < -0.39 is 0 Å². The van der Waals surface area contributed by atoms with Crippen molar-refractivity contribution in [3.63, 3.8) is 0 Å². The molecule has 0 aliphatic heterocycles. The SMILES string of the molecule is CNCC1Cc2cccc(OC)c2C1. The van der Waals surface area contributed by atoms with Gasteiger partial charge < -0.3 is 10.1 Å². The monoisotopic (exact) mass is 191 g/mol. The van der Waals surface area contributed by atoms with E-state index in [9.17, 15) is 0 Å². The van der Waals surface area contributed by atoms with Gasteiger partial charge in [-0.1, -0.05) is 12.1 Å². The number of nitrogens with one attached hydrogen (secondary N) is 1. The summed E-state index contributed by atoms with van der Waals surface area (Å²) in [7, 11) is 3.77. The summed E-state index contributed by atoms with van der Waals surface area (Å²) in [6.45, 7) is 1.10. The third kappa shape index (κ3) is 1.62. The summed E-state index contributed by atoms with van der Waals surface area (Å²) < 4.78 is 5.36. The molecule has 1 aromatic carbocycles. The van der Waals surface area contributed by atoms with Gasteiger partial charge in [0.25, 0.3) is 0 Å². The topological polar surface area (TPSA) is 21.3 Å². The number of hydrogen-bond acceptors (Lipinski definition) is 2. The van der Waals surface area contributed by atoms with Crippen molar-refractivity contribution in [1.82, 2.24) is 5.32 Å². The summed E-state index contributed by atoms with van der Waals surface area (Å²) in [6, 6.07) is 6.35. The Morgan fingerprint density at radius 1 is 1.43 bits per heavy atom. The minimum absolute atomic E-state index is 0.742. The van der Waals surface area contributed by atoms with Gasteiger partial charge in [-0.3, -0.25) is 0 Å². The molecule has 2 rings (SSSR count). The molecule has 76 valence electrons. The molecule has 1 atom stereocenters. The van der Waals surface area contributed by atoms with E-state index in [0.717, 1.165) is 24.6 Å². The predicted octanol–water partition coefficient (Wildman–Crippen LogP) is 1.63. The lowest BCUT2D eigenvalue weighted by Crippen LogP contribution is -2.18. The van der Waals surface area contributed by atoms with Crippen molar-refractivity contribution in [1.29, 1.82) is 0 Å². The minimum Gasteiger partial charge on any atom is -0.496 e. The average Bonchev–Trinajstić information content (AvgIpc) is 2.60. The third-order valence-electron chi connectivity index (χ3n) is 2.94. The molecule has 1 aromatic rings. The molecule has 0 aromatic heterocycles. The largest absolute Gasteiger partial charge is 0.496 e. The van der Waals surface area contributed by atoms with Crippen molar-refractivity contribution in [2.75, 3.05) is 20.7 Å². The summed E-state index contributed by atoms with van der Waals surface area (Å²) in [4.78, 5) is 0. The van der Waals surface area contributed by atoms with Gasteiger partial charge in [-0.05, 0) is 49.5 Å². The van der Waals surface area contributed by atoms with Crippen LogP contribution in [0.2, 0.25) is 0 Å². The van der Waals surface area contributed by atoms with Crippen LogP contribution in [0.25, 0.3) is 0 Å². The standard InChI is InChI=1S/C12H17NO/c1-13-8-9-6-10-4-3-5-12(14-2)11(10)7-9/h3-5,9,13H,6-8H2,1-2H3. The van der Waals surface area contributed by atoms with Gasteiger partial charge in [0.15, 0.2) is 0 Å². The van der Waals surface area contributed by atoms with Crippen molar-refractivity contribution >= 4 is 0 Å². The molecule has 0 saturated carbocycles. The molecule has 1 aliphatic carbocycles. The van der Waals surface area contributed by atoms with Crippen LogP contribution in [0.3, 0.4) is 0 Å². The van der Waals surface area contributed by atoms with Gasteiger partial charge in [0, 0.05) is 0 Å². The second-order valence-corrected chi connectivity index (χ2v) is 3.93. The van der Waals surface area contributed by atoms with Crippen molar-refractivity contribution in [3.05, 3.63) is 29.3 Å². The molecule has 1 N–H and O–H groups in total. The van der Waals surface area contributed by atoms with E-state index in [1.54, 1.807) is 7.11 Å². The summed E-state index contributed by atoms with van der Waals surface area (Å²) in [5.74, 6) is 1.80. The van der Waals surface area contributed by atoms with E-state index in [4.69, 9.17) is 4.74 Å². The first-order valence-electron chi connectivity index (χ1n) is 5.14. The zero-order valence-corrected chi connectivity index (χ0v) is 8.84. The summed E-state index contributed by atoms with van der Waals surface area (Å²) in [6.07, 6.45) is 2.34. The van der Waals surface area contributed by atoms with Gasteiger partial charge in [0.1, 0.15) is 5.75 Å². The van der Waals surface area contributed by atoms with Gasteiger partial charge >= 0.3 is 0 Å². The van der Waals surface area contributed by atoms with Crippen molar-refractivity contribution in [2.45, 2.75) is 12.8 Å². The predicted molar refractivity (Wildman–Crippen MR) is 57.8 cm³/mol. The molecule has 0 saturated heterocycles. The normalized spacial score (nSPS) is 19.4. The third-order valence-corrected chi connectivity index (χ3v) is 2.94. The molecular formula is C12H17NO. The first kappa shape index (κ1) is 9.53. The van der Waals surface area contributed by atoms with E-state index in [-0.39, 0.29) is 0 Å². The van der Waals surface area contributed by atoms with Crippen LogP contribution in [0.5, 0.6) is 5.75 Å². The molecule has 0 heterocycles. The van der Waals surface area contributed by atoms with Crippen molar-refractivity contribution in [2.24, 2.45) is 5.92 Å². The fraction of sp³-hybridized carbons (Fsp3) is 0.500. The number of hydrogen-bond donors (Lipinski definition) is 1. The van der Waals surface area contributed by atoms with Gasteiger partial charge in [0.05, 0.1) is 7.11 Å². The highest BCUT2D eigenvalue weighted by Gasteiger charge is 2.23. The molecule has 2 heteroatoms. The number of benzene rings is 1. The van der Waals surface area contributed by atoms with Crippen molar-refractivity contribution < 1.29 is 4.74 Å². The number of methoxy groups -OCH3 is 1. The fourth-order valence-electron chi connectivity index (χ4n) is 2.33. The number of ether oxygens (including phenoxy) is 1. The Kier molecular flexibility index (Phi) is 2.73. The van der Waals surface area contributed by atoms with E-state index in [1.165, 1.54) is 17.5 Å². The summed E-state index contributed by atoms with van der Waals surface area (Å²) in [5.41, 5.74) is 2.87. The molecule has 0 amide bonds. The minimum atomic E-state index is 0.742. The van der Waals surface area contributed by atoms with E-state index in [0.29, 0.717) is 0 Å². The highest BCUT2D eigenvalue weighted by atomic mass is 16.5. The van der Waals surface area contributed by atoms with Crippen LogP contribution in [0, 0.1) is 5.92 Å². The highest BCUT2D eigenvalue weighted by molar-refractivity contribution is 5.43. The average molecular weight is 191 g/mol. The zero-order chi connectivity index (χ0) is 9.97. The van der Waals surface area contributed by atoms with Crippen LogP contribution >= 0.6 is 0 Å². The lowest BCUT2D eigenvalue weighted by atomic mass is 10.1. The highest BCUT2D eigenvalue weighted by Crippen LogP contribution is 2.33. The first-order chi connectivity index (χ1) is 6.85. The van der Waals surface area contributed by atoms with Crippen LogP contribution in [0.15, 0.2) is 18.2 Å². The van der Waals surface area contributed by atoms with Gasteiger partial charge in [-0.2, -0.15) is 0 Å². The lowest BCUT2D eigenvalue weighted by Gasteiger charge is -2.07. The molecular weight excluding hydrogens is 174 g/mol. The summed E-state index contributed by atoms with van der Waals surface area (Å²) in [5, 5.41) is 3.24. The zero-order valence-electron chi connectivity index (χ0n) is 8.84. The Morgan fingerprint density at radius 2 is 2.29 bits per heavy atom. The molecule has 1 aliphatic rings. The Morgan fingerprint density at radius 3 is 3.00 bits per heavy atom. The van der Waals surface area contributed by atoms with Gasteiger partial charge in [0.2, 0.25) is 0 Å². The van der Waals surface area contributed by atoms with Crippen LogP contribution < -0.4 is 10.1 Å². The quantitative estimate of drug-likeness (QED) is 0.784. The molecule has 0 fully saturated rings. The smallest absolute Gasteiger partial charge is 0.122 e. The van der Waals surface area contributed by atoms with E-state index in [1.807, 2.05) is 7.05 Å². The molecule has 2 nitrogen and oxygen atoms in total. The maximum atomic E-state index is 5.36. The van der Waals surface area contributed by atoms with Crippen molar-refractivity contribution in [3.8, 4) is 5.75 Å². The Hall–Kier alpha value is -1.02. The number of rotatable bonds is 3. The van der Waals surface area contributed by atoms with Crippen LogP contribution in [-0.4, -0.2) is 20.7 Å². The Labute approximate surface area is 85.3 Å². The maximum Gasteiger partial charge on any atom is 0.122 e. The molecule has 14 heavy (non-hydrogen) atoms. The molecule has 0 radical (unpaired) electrons. The second-order valence-electron chi connectivity index (χ2n) is 3.93. The summed E-state index contributed by atoms with van der Waals surface area (Å²) >= 11 is 0. The van der Waals surface area contributed by atoms with E-state index in [2.05, 4.69) is 23.5 Å². The fourth-order valence-corrected chi connectivity index (χ4v) is 2.33. The van der Waals surface area contributed by atoms with Crippen LogP contribution in [0.1, 0.15) is 11.1 Å². The van der Waals surface area contributed by atoms with Gasteiger partial charge in [-0.15, -0.1) is 0 Å². The van der Waals surface area contributed by atoms with Crippen LogP contribution in [0.4, 0.5) is 0 Å². The Balaban J connectivity index is 2.21. The van der Waals surface area contributed by atoms with E-state index >= 15 is 0 Å². The second kappa shape index (κ2) is 4.01. The maximum absolute atomic E-state index is 5.36. The molecule has 0 spiro atoms. The number of fused-ring (bicyclic) bond motifs is 1. The molecule has 1 unspecified atom stereocenters. The van der Waals surface area contributed by atoms with Gasteiger partial charge in [-0.25, -0.2) is 0 Å². The molecule has 0 bridgehead atoms. The first-order valence-corrected chi connectivity index (χ1v) is 5.14. The Bertz CT molecular complexity index is 322.